The summed E-state index contributed by atoms with van der Waals surface area (Å²) in [6.45, 7) is 2.12. The van der Waals surface area contributed by atoms with Crippen LogP contribution in [0.1, 0.15) is 11.5 Å². The Morgan fingerprint density at radius 3 is 2.80 bits per heavy atom. The summed E-state index contributed by atoms with van der Waals surface area (Å²) >= 11 is 0. The highest BCUT2D eigenvalue weighted by Crippen LogP contribution is 2.22. The molecule has 124 valence electrons. The molecule has 2 aromatic heterocycles. The fourth-order valence-corrected chi connectivity index (χ4v) is 2.52. The van der Waals surface area contributed by atoms with E-state index in [9.17, 15) is 4.79 Å². The Morgan fingerprint density at radius 2 is 1.92 bits per heavy atom. The Labute approximate surface area is 142 Å². The van der Waals surface area contributed by atoms with Crippen LogP contribution >= 0.6 is 0 Å². The minimum absolute atomic E-state index is 0.126. The van der Waals surface area contributed by atoms with Gasteiger partial charge in [0.05, 0.1) is 0 Å². The quantitative estimate of drug-likeness (QED) is 0.529. The predicted octanol–water partition coefficient (Wildman–Crippen LogP) is 3.73. The molecule has 2 heterocycles. The van der Waals surface area contributed by atoms with Crippen molar-refractivity contribution in [2.24, 2.45) is 0 Å². The lowest BCUT2D eigenvalue weighted by atomic mass is 10.1. The van der Waals surface area contributed by atoms with Crippen LogP contribution in [-0.4, -0.2) is 10.1 Å². The van der Waals surface area contributed by atoms with E-state index in [1.165, 1.54) is 6.07 Å². The van der Waals surface area contributed by atoms with Gasteiger partial charge in [-0.15, -0.1) is 0 Å². The normalized spacial score (nSPS) is 10.9. The van der Waals surface area contributed by atoms with Crippen molar-refractivity contribution in [1.82, 2.24) is 10.1 Å². The SMILES string of the molecule is Cc1ccccc1-c1noc(COc2ccc3ccc(=O)oc3c2)n1. The van der Waals surface area contributed by atoms with Gasteiger partial charge in [0.1, 0.15) is 11.3 Å². The third-order valence-corrected chi connectivity index (χ3v) is 3.81. The fraction of sp³-hybridized carbons (Fsp3) is 0.105. The van der Waals surface area contributed by atoms with Crippen molar-refractivity contribution in [3.63, 3.8) is 0 Å². The van der Waals surface area contributed by atoms with E-state index in [4.69, 9.17) is 13.7 Å². The molecular formula is C19H14N2O4. The van der Waals surface area contributed by atoms with Crippen LogP contribution in [0.4, 0.5) is 0 Å². The van der Waals surface area contributed by atoms with Gasteiger partial charge in [-0.3, -0.25) is 0 Å². The third-order valence-electron chi connectivity index (χ3n) is 3.81. The van der Waals surface area contributed by atoms with E-state index in [-0.39, 0.29) is 6.61 Å². The fourth-order valence-electron chi connectivity index (χ4n) is 2.52. The molecule has 6 nitrogen and oxygen atoms in total. The van der Waals surface area contributed by atoms with Gasteiger partial charge in [0.25, 0.3) is 5.89 Å². The summed E-state index contributed by atoms with van der Waals surface area (Å²) in [6.07, 6.45) is 0. The lowest BCUT2D eigenvalue weighted by Gasteiger charge is -2.03. The molecule has 0 saturated heterocycles. The largest absolute Gasteiger partial charge is 0.484 e. The van der Waals surface area contributed by atoms with E-state index in [1.54, 1.807) is 18.2 Å². The monoisotopic (exact) mass is 334 g/mol. The van der Waals surface area contributed by atoms with Crippen LogP contribution in [0.25, 0.3) is 22.4 Å². The number of hydrogen-bond acceptors (Lipinski definition) is 6. The minimum Gasteiger partial charge on any atom is -0.484 e. The molecule has 0 atom stereocenters. The molecule has 0 bridgehead atoms. The maximum Gasteiger partial charge on any atom is 0.336 e. The Balaban J connectivity index is 1.52. The lowest BCUT2D eigenvalue weighted by molar-refractivity contribution is 0.243. The van der Waals surface area contributed by atoms with E-state index >= 15 is 0 Å². The van der Waals surface area contributed by atoms with Gasteiger partial charge in [-0.05, 0) is 30.7 Å². The zero-order chi connectivity index (χ0) is 17.2. The van der Waals surface area contributed by atoms with Crippen molar-refractivity contribution < 1.29 is 13.7 Å². The van der Waals surface area contributed by atoms with Crippen molar-refractivity contribution in [1.29, 1.82) is 0 Å². The Kier molecular flexibility index (Phi) is 3.78. The molecule has 0 unspecified atom stereocenters. The summed E-state index contributed by atoms with van der Waals surface area (Å²) < 4.78 is 16.0. The second kappa shape index (κ2) is 6.24. The summed E-state index contributed by atoms with van der Waals surface area (Å²) in [5, 5.41) is 4.82. The number of ether oxygens (including phenoxy) is 1. The highest BCUT2D eigenvalue weighted by Gasteiger charge is 2.11. The molecule has 0 spiro atoms. The number of hydrogen-bond donors (Lipinski definition) is 0. The highest BCUT2D eigenvalue weighted by atomic mass is 16.5. The van der Waals surface area contributed by atoms with Crippen LogP contribution < -0.4 is 10.4 Å². The first-order valence-electron chi connectivity index (χ1n) is 7.74. The topological polar surface area (TPSA) is 78.4 Å². The number of rotatable bonds is 4. The average molecular weight is 334 g/mol. The first-order chi connectivity index (χ1) is 12.2. The molecule has 0 aliphatic rings. The second-order valence-electron chi connectivity index (χ2n) is 5.57. The van der Waals surface area contributed by atoms with E-state index in [2.05, 4.69) is 10.1 Å². The predicted molar refractivity (Wildman–Crippen MR) is 91.3 cm³/mol. The second-order valence-corrected chi connectivity index (χ2v) is 5.57. The molecule has 0 N–H and O–H groups in total. The molecule has 0 fully saturated rings. The Bertz CT molecular complexity index is 1100. The first-order valence-corrected chi connectivity index (χ1v) is 7.74. The van der Waals surface area contributed by atoms with E-state index in [1.807, 2.05) is 37.3 Å². The number of aryl methyl sites for hydroxylation is 1. The van der Waals surface area contributed by atoms with E-state index in [0.717, 1.165) is 16.5 Å². The molecule has 0 saturated carbocycles. The maximum atomic E-state index is 11.3. The summed E-state index contributed by atoms with van der Waals surface area (Å²) in [5.41, 5.74) is 2.06. The number of nitrogens with zero attached hydrogens (tertiary/aromatic N) is 2. The maximum absolute atomic E-state index is 11.3. The minimum atomic E-state index is -0.399. The molecule has 0 radical (unpaired) electrons. The van der Waals surface area contributed by atoms with Crippen molar-refractivity contribution in [3.05, 3.63) is 76.5 Å². The van der Waals surface area contributed by atoms with Crippen LogP contribution in [0.5, 0.6) is 5.75 Å². The van der Waals surface area contributed by atoms with Crippen LogP contribution in [-0.2, 0) is 6.61 Å². The van der Waals surface area contributed by atoms with Gasteiger partial charge in [-0.1, -0.05) is 29.4 Å². The molecular weight excluding hydrogens is 320 g/mol. The molecule has 25 heavy (non-hydrogen) atoms. The van der Waals surface area contributed by atoms with E-state index in [0.29, 0.717) is 23.0 Å². The van der Waals surface area contributed by atoms with Crippen molar-refractivity contribution in [3.8, 4) is 17.1 Å². The third kappa shape index (κ3) is 3.14. The number of fused-ring (bicyclic) bond motifs is 1. The standard InChI is InChI=1S/C19H14N2O4/c1-12-4-2-3-5-15(12)19-20-17(25-21-19)11-23-14-8-6-13-7-9-18(22)24-16(13)10-14/h2-10H,11H2,1H3. The number of benzene rings is 2. The van der Waals surface area contributed by atoms with Crippen LogP contribution in [0.2, 0.25) is 0 Å². The van der Waals surface area contributed by atoms with E-state index < -0.39 is 5.63 Å². The Hall–Kier alpha value is -3.41. The van der Waals surface area contributed by atoms with Crippen LogP contribution in [0, 0.1) is 6.92 Å². The molecule has 0 amide bonds. The molecule has 0 aliphatic carbocycles. The zero-order valence-corrected chi connectivity index (χ0v) is 13.4. The molecule has 2 aromatic carbocycles. The summed E-state index contributed by atoms with van der Waals surface area (Å²) in [5.74, 6) is 1.45. The van der Waals surface area contributed by atoms with Gasteiger partial charge in [-0.25, -0.2) is 4.79 Å². The first kappa shape index (κ1) is 15.1. The molecule has 0 aliphatic heterocycles. The Morgan fingerprint density at radius 1 is 1.08 bits per heavy atom. The molecule has 4 aromatic rings. The van der Waals surface area contributed by atoms with Crippen molar-refractivity contribution in [2.45, 2.75) is 13.5 Å². The van der Waals surface area contributed by atoms with Gasteiger partial charge < -0.3 is 13.7 Å². The smallest absolute Gasteiger partial charge is 0.336 e. The van der Waals surface area contributed by atoms with Gasteiger partial charge in [0.2, 0.25) is 5.82 Å². The zero-order valence-electron chi connectivity index (χ0n) is 13.4. The summed E-state index contributed by atoms with van der Waals surface area (Å²) in [4.78, 5) is 15.7. The van der Waals surface area contributed by atoms with Gasteiger partial charge in [-0.2, -0.15) is 4.98 Å². The van der Waals surface area contributed by atoms with Crippen LogP contribution in [0.3, 0.4) is 0 Å². The summed E-state index contributed by atoms with van der Waals surface area (Å²) in [6, 6.07) is 16.2. The van der Waals surface area contributed by atoms with Crippen molar-refractivity contribution >= 4 is 11.0 Å². The van der Waals surface area contributed by atoms with Crippen molar-refractivity contribution in [2.75, 3.05) is 0 Å². The average Bonchev–Trinajstić information content (AvgIpc) is 3.08. The summed E-state index contributed by atoms with van der Waals surface area (Å²) in [7, 11) is 0. The van der Waals surface area contributed by atoms with Gasteiger partial charge >= 0.3 is 5.63 Å². The number of aromatic nitrogens is 2. The van der Waals surface area contributed by atoms with Gasteiger partial charge in [0, 0.05) is 23.1 Å². The van der Waals surface area contributed by atoms with Gasteiger partial charge in [0.15, 0.2) is 6.61 Å². The molecule has 4 rings (SSSR count). The van der Waals surface area contributed by atoms with Crippen LogP contribution in [0.15, 0.2) is 68.3 Å². The highest BCUT2D eigenvalue weighted by molar-refractivity contribution is 5.77. The lowest BCUT2D eigenvalue weighted by Crippen LogP contribution is -1.97. The molecule has 6 heteroatoms.